The van der Waals surface area contributed by atoms with Gasteiger partial charge in [0.05, 0.1) is 5.57 Å². The van der Waals surface area contributed by atoms with Crippen molar-refractivity contribution < 1.29 is 19.8 Å². The van der Waals surface area contributed by atoms with Crippen LogP contribution in [0.2, 0.25) is 0 Å². The van der Waals surface area contributed by atoms with Crippen LogP contribution in [0.4, 0.5) is 0 Å². The van der Waals surface area contributed by atoms with E-state index in [2.05, 4.69) is 5.32 Å². The Bertz CT molecular complexity index is 233. The van der Waals surface area contributed by atoms with Gasteiger partial charge in [-0.3, -0.25) is 4.79 Å². The van der Waals surface area contributed by atoms with Gasteiger partial charge < -0.3 is 15.5 Å². The molecule has 5 heteroatoms. The van der Waals surface area contributed by atoms with E-state index >= 15 is 0 Å². The zero-order valence-electron chi connectivity index (χ0n) is 5.57. The van der Waals surface area contributed by atoms with Gasteiger partial charge >= 0.3 is 11.9 Å². The van der Waals surface area contributed by atoms with Crippen molar-refractivity contribution in [2.24, 2.45) is 5.92 Å². The summed E-state index contributed by atoms with van der Waals surface area (Å²) in [6, 6.07) is 0. The number of rotatable bonds is 2. The number of carbonyl (C=O) groups is 2. The van der Waals surface area contributed by atoms with Crippen molar-refractivity contribution in [3.63, 3.8) is 0 Å². The molecule has 1 heterocycles. The first-order valence-corrected chi connectivity index (χ1v) is 3.02. The molecule has 0 aromatic carbocycles. The smallest absolute Gasteiger partial charge is 0.333 e. The Morgan fingerprint density at radius 1 is 1.55 bits per heavy atom. The molecule has 1 aliphatic rings. The number of nitrogens with one attached hydrogen (secondary N) is 1. The molecule has 1 rings (SSSR count). The SMILES string of the molecule is O=C(O)C1=CNCC1C(=O)O. The van der Waals surface area contributed by atoms with Crippen molar-refractivity contribution >= 4 is 11.9 Å². The molecule has 0 aromatic rings. The summed E-state index contributed by atoms with van der Waals surface area (Å²) in [5.74, 6) is -3.20. The molecule has 1 atom stereocenters. The van der Waals surface area contributed by atoms with Crippen molar-refractivity contribution in [1.29, 1.82) is 0 Å². The summed E-state index contributed by atoms with van der Waals surface area (Å²) >= 11 is 0. The van der Waals surface area contributed by atoms with E-state index in [0.717, 1.165) is 0 Å². The van der Waals surface area contributed by atoms with Crippen LogP contribution < -0.4 is 5.32 Å². The van der Waals surface area contributed by atoms with Crippen LogP contribution in [-0.2, 0) is 9.59 Å². The summed E-state index contributed by atoms with van der Waals surface area (Å²) in [5, 5.41) is 19.5. The average molecular weight is 157 g/mol. The molecule has 3 N–H and O–H groups in total. The third kappa shape index (κ3) is 1.31. The second-order valence-electron chi connectivity index (χ2n) is 2.20. The molecular weight excluding hydrogens is 150 g/mol. The summed E-state index contributed by atoms with van der Waals surface area (Å²) in [6.07, 6.45) is 1.22. The van der Waals surface area contributed by atoms with Crippen LogP contribution in [-0.4, -0.2) is 28.7 Å². The molecule has 11 heavy (non-hydrogen) atoms. The average Bonchev–Trinajstić information content (AvgIpc) is 2.32. The van der Waals surface area contributed by atoms with Gasteiger partial charge in [-0.25, -0.2) is 4.79 Å². The molecule has 5 nitrogen and oxygen atoms in total. The maximum absolute atomic E-state index is 10.4. The van der Waals surface area contributed by atoms with E-state index < -0.39 is 17.9 Å². The van der Waals surface area contributed by atoms with Crippen molar-refractivity contribution in [3.05, 3.63) is 11.8 Å². The van der Waals surface area contributed by atoms with Crippen molar-refractivity contribution in [1.82, 2.24) is 5.32 Å². The lowest BCUT2D eigenvalue weighted by molar-refractivity contribution is -0.143. The Balaban J connectivity index is 2.79. The summed E-state index contributed by atoms with van der Waals surface area (Å²) in [7, 11) is 0. The van der Waals surface area contributed by atoms with E-state index in [0.29, 0.717) is 0 Å². The van der Waals surface area contributed by atoms with Gasteiger partial charge in [-0.2, -0.15) is 0 Å². The largest absolute Gasteiger partial charge is 0.481 e. The predicted octanol–water partition coefficient (Wildman–Crippen LogP) is -0.741. The Labute approximate surface area is 62.3 Å². The topological polar surface area (TPSA) is 86.6 Å². The second kappa shape index (κ2) is 2.61. The maximum Gasteiger partial charge on any atom is 0.333 e. The molecule has 1 unspecified atom stereocenters. The van der Waals surface area contributed by atoms with Crippen LogP contribution in [0.15, 0.2) is 11.8 Å². The van der Waals surface area contributed by atoms with Gasteiger partial charge in [0, 0.05) is 12.7 Å². The van der Waals surface area contributed by atoms with Gasteiger partial charge in [-0.05, 0) is 0 Å². The van der Waals surface area contributed by atoms with Crippen LogP contribution in [0.25, 0.3) is 0 Å². The summed E-state index contributed by atoms with van der Waals surface area (Å²) in [5.41, 5.74) is -0.0856. The highest BCUT2D eigenvalue weighted by Gasteiger charge is 2.30. The van der Waals surface area contributed by atoms with Gasteiger partial charge in [0.1, 0.15) is 5.92 Å². The molecule has 0 saturated carbocycles. The molecule has 1 aliphatic heterocycles. The fourth-order valence-electron chi connectivity index (χ4n) is 0.928. The van der Waals surface area contributed by atoms with Gasteiger partial charge in [-0.1, -0.05) is 0 Å². The lowest BCUT2D eigenvalue weighted by Gasteiger charge is -2.02. The van der Waals surface area contributed by atoms with Crippen molar-refractivity contribution in [2.45, 2.75) is 0 Å². The Morgan fingerprint density at radius 2 is 2.18 bits per heavy atom. The van der Waals surface area contributed by atoms with Gasteiger partial charge in [-0.15, -0.1) is 0 Å². The minimum absolute atomic E-state index is 0.0856. The highest BCUT2D eigenvalue weighted by molar-refractivity contribution is 5.94. The monoisotopic (exact) mass is 157 g/mol. The fourth-order valence-corrected chi connectivity index (χ4v) is 0.928. The number of hydrogen-bond acceptors (Lipinski definition) is 3. The predicted molar refractivity (Wildman–Crippen MR) is 34.8 cm³/mol. The van der Waals surface area contributed by atoms with E-state index in [-0.39, 0.29) is 12.1 Å². The highest BCUT2D eigenvalue weighted by atomic mass is 16.4. The van der Waals surface area contributed by atoms with Gasteiger partial charge in [0.25, 0.3) is 0 Å². The first-order valence-electron chi connectivity index (χ1n) is 3.02. The summed E-state index contributed by atoms with van der Waals surface area (Å²) in [4.78, 5) is 20.7. The molecule has 60 valence electrons. The van der Waals surface area contributed by atoms with Crippen molar-refractivity contribution in [3.8, 4) is 0 Å². The quantitative estimate of drug-likeness (QED) is 0.491. The summed E-state index contributed by atoms with van der Waals surface area (Å²) in [6.45, 7) is 0.164. The first-order chi connectivity index (χ1) is 5.13. The van der Waals surface area contributed by atoms with E-state index in [1.807, 2.05) is 0 Å². The molecule has 0 aliphatic carbocycles. The van der Waals surface area contributed by atoms with E-state index in [1.54, 1.807) is 0 Å². The molecule has 0 fully saturated rings. The fraction of sp³-hybridized carbons (Fsp3) is 0.333. The number of carboxylic acid groups (broad SMARTS) is 2. The standard InChI is InChI=1S/C6H7NO4/c8-5(9)3-1-7-2-4(3)6(10)11/h1,4,7H,2H2,(H,8,9)(H,10,11). The third-order valence-corrected chi connectivity index (χ3v) is 1.50. The lowest BCUT2D eigenvalue weighted by Crippen LogP contribution is -2.22. The minimum Gasteiger partial charge on any atom is -0.481 e. The Kier molecular flexibility index (Phi) is 1.80. The van der Waals surface area contributed by atoms with Gasteiger partial charge in [0.2, 0.25) is 0 Å². The van der Waals surface area contributed by atoms with Crippen LogP contribution in [0.1, 0.15) is 0 Å². The molecule has 0 saturated heterocycles. The Hall–Kier alpha value is -1.52. The summed E-state index contributed by atoms with van der Waals surface area (Å²) < 4.78 is 0. The van der Waals surface area contributed by atoms with Crippen LogP contribution in [0.3, 0.4) is 0 Å². The molecule has 0 radical (unpaired) electrons. The number of aliphatic carboxylic acids is 2. The molecule has 0 aromatic heterocycles. The van der Waals surface area contributed by atoms with Crippen molar-refractivity contribution in [2.75, 3.05) is 6.54 Å². The van der Waals surface area contributed by atoms with E-state index in [9.17, 15) is 9.59 Å². The zero-order chi connectivity index (χ0) is 8.43. The second-order valence-corrected chi connectivity index (χ2v) is 2.20. The molecule has 0 bridgehead atoms. The van der Waals surface area contributed by atoms with Gasteiger partial charge in [0.15, 0.2) is 0 Å². The van der Waals surface area contributed by atoms with Crippen LogP contribution in [0, 0.1) is 5.92 Å². The maximum atomic E-state index is 10.4. The number of hydrogen-bond donors (Lipinski definition) is 3. The normalized spacial score (nSPS) is 22.2. The Morgan fingerprint density at radius 3 is 2.55 bits per heavy atom. The van der Waals surface area contributed by atoms with Crippen LogP contribution in [0.5, 0.6) is 0 Å². The third-order valence-electron chi connectivity index (χ3n) is 1.50. The van der Waals surface area contributed by atoms with E-state index in [1.165, 1.54) is 6.20 Å². The molecule has 0 amide bonds. The first kappa shape index (κ1) is 7.59. The molecule has 0 spiro atoms. The lowest BCUT2D eigenvalue weighted by atomic mass is 10.0. The molecular formula is C6H7NO4. The number of carboxylic acids is 2. The van der Waals surface area contributed by atoms with Crippen LogP contribution >= 0.6 is 0 Å². The zero-order valence-corrected chi connectivity index (χ0v) is 5.57. The minimum atomic E-state index is -1.18. The highest BCUT2D eigenvalue weighted by Crippen LogP contribution is 2.14. The van der Waals surface area contributed by atoms with E-state index in [4.69, 9.17) is 10.2 Å².